The van der Waals surface area contributed by atoms with Gasteiger partial charge in [0.15, 0.2) is 5.65 Å². The van der Waals surface area contributed by atoms with Crippen molar-refractivity contribution < 1.29 is 0 Å². The van der Waals surface area contributed by atoms with Gasteiger partial charge in [0.1, 0.15) is 12.1 Å². The first-order valence-electron chi connectivity index (χ1n) is 6.48. The molecule has 0 atom stereocenters. The maximum atomic E-state index is 11.4. The van der Waals surface area contributed by atoms with Crippen LogP contribution in [-0.4, -0.2) is 38.5 Å². The summed E-state index contributed by atoms with van der Waals surface area (Å²) in [4.78, 5) is 17.7. The molecule has 2 aromatic heterocycles. The van der Waals surface area contributed by atoms with Gasteiger partial charge in [-0.1, -0.05) is 13.8 Å². The third-order valence-corrected chi connectivity index (χ3v) is 2.86. The monoisotopic (exact) mass is 277 g/mol. The minimum atomic E-state index is -0.307. The molecule has 2 heterocycles. The molecule has 0 fully saturated rings. The molecule has 0 radical (unpaired) electrons. The normalized spacial score (nSPS) is 11.2. The molecular weight excluding hydrogens is 258 g/mol. The standard InChI is InChI=1S/C12H19N7O/c1-8(2)6-18(4-3-9(13)14)10-5-11-16-17-12(20)19(11)7-15-10/h5,7-8H,3-4,6H2,1-2H3,(H3,13,14)(H,17,20). The van der Waals surface area contributed by atoms with E-state index in [1.807, 2.05) is 4.90 Å². The van der Waals surface area contributed by atoms with Crippen molar-refractivity contribution in [2.75, 3.05) is 18.0 Å². The van der Waals surface area contributed by atoms with Crippen LogP contribution in [0.4, 0.5) is 5.82 Å². The molecule has 0 saturated carbocycles. The number of nitrogens with one attached hydrogen (secondary N) is 2. The van der Waals surface area contributed by atoms with Crippen LogP contribution in [0, 0.1) is 11.3 Å². The lowest BCUT2D eigenvalue weighted by Crippen LogP contribution is -2.32. The number of H-pyrrole nitrogens is 1. The van der Waals surface area contributed by atoms with Crippen molar-refractivity contribution in [2.24, 2.45) is 11.7 Å². The van der Waals surface area contributed by atoms with Crippen LogP contribution in [0.15, 0.2) is 17.2 Å². The van der Waals surface area contributed by atoms with Crippen LogP contribution in [0.2, 0.25) is 0 Å². The van der Waals surface area contributed by atoms with Crippen molar-refractivity contribution in [1.29, 1.82) is 5.41 Å². The Bertz CT molecular complexity index is 657. The molecule has 0 aliphatic rings. The smallest absolute Gasteiger partial charge is 0.348 e. The topological polar surface area (TPSA) is 116 Å². The lowest BCUT2D eigenvalue weighted by Gasteiger charge is -2.25. The fourth-order valence-electron chi connectivity index (χ4n) is 1.97. The van der Waals surface area contributed by atoms with Gasteiger partial charge in [0.05, 0.1) is 5.84 Å². The fraction of sp³-hybridized carbons (Fsp3) is 0.500. The number of aromatic amines is 1. The second kappa shape index (κ2) is 5.72. The number of hydrogen-bond acceptors (Lipinski definition) is 5. The number of amidine groups is 1. The molecule has 2 rings (SSSR count). The number of nitrogens with zero attached hydrogens (tertiary/aromatic N) is 4. The molecule has 0 saturated heterocycles. The minimum Gasteiger partial charge on any atom is -0.388 e. The fourth-order valence-corrected chi connectivity index (χ4v) is 1.97. The van der Waals surface area contributed by atoms with Crippen molar-refractivity contribution in [3.63, 3.8) is 0 Å². The molecule has 0 amide bonds. The Morgan fingerprint density at radius 2 is 2.35 bits per heavy atom. The maximum absolute atomic E-state index is 11.4. The van der Waals surface area contributed by atoms with E-state index < -0.39 is 0 Å². The van der Waals surface area contributed by atoms with Gasteiger partial charge >= 0.3 is 5.69 Å². The molecule has 20 heavy (non-hydrogen) atoms. The summed E-state index contributed by atoms with van der Waals surface area (Å²) >= 11 is 0. The van der Waals surface area contributed by atoms with Crippen molar-refractivity contribution >= 4 is 17.3 Å². The summed E-state index contributed by atoms with van der Waals surface area (Å²) < 4.78 is 1.35. The second-order valence-electron chi connectivity index (χ2n) is 5.12. The van der Waals surface area contributed by atoms with E-state index in [-0.39, 0.29) is 11.5 Å². The molecule has 0 aromatic carbocycles. The molecule has 0 spiro atoms. The lowest BCUT2D eigenvalue weighted by atomic mass is 10.2. The zero-order valence-electron chi connectivity index (χ0n) is 11.6. The van der Waals surface area contributed by atoms with E-state index in [9.17, 15) is 4.79 Å². The summed E-state index contributed by atoms with van der Waals surface area (Å²) in [6.07, 6.45) is 1.94. The summed E-state index contributed by atoms with van der Waals surface area (Å²) in [6, 6.07) is 1.75. The SMILES string of the molecule is CC(C)CN(CCC(=N)N)c1cc2n[nH]c(=O)n2cn1. The van der Waals surface area contributed by atoms with E-state index in [0.717, 1.165) is 12.4 Å². The quantitative estimate of drug-likeness (QED) is 0.515. The largest absolute Gasteiger partial charge is 0.388 e. The van der Waals surface area contributed by atoms with Gasteiger partial charge in [-0.25, -0.2) is 19.3 Å². The van der Waals surface area contributed by atoms with Crippen LogP contribution >= 0.6 is 0 Å². The highest BCUT2D eigenvalue weighted by molar-refractivity contribution is 5.77. The number of fused-ring (bicyclic) bond motifs is 1. The molecule has 8 heteroatoms. The van der Waals surface area contributed by atoms with Gasteiger partial charge in [-0.05, 0) is 5.92 Å². The summed E-state index contributed by atoms with van der Waals surface area (Å²) in [5.74, 6) is 1.32. The third kappa shape index (κ3) is 3.14. The van der Waals surface area contributed by atoms with E-state index in [1.54, 1.807) is 6.07 Å². The summed E-state index contributed by atoms with van der Waals surface area (Å²) in [5.41, 5.74) is 5.63. The first kappa shape index (κ1) is 14.0. The van der Waals surface area contributed by atoms with Gasteiger partial charge in [-0.3, -0.25) is 5.41 Å². The Balaban J connectivity index is 2.28. The van der Waals surface area contributed by atoms with Crippen LogP contribution in [0.25, 0.3) is 5.65 Å². The predicted molar refractivity (Wildman–Crippen MR) is 77.2 cm³/mol. The van der Waals surface area contributed by atoms with E-state index in [2.05, 4.69) is 29.0 Å². The number of rotatable bonds is 6. The van der Waals surface area contributed by atoms with Gasteiger partial charge < -0.3 is 10.6 Å². The molecule has 108 valence electrons. The summed E-state index contributed by atoms with van der Waals surface area (Å²) in [7, 11) is 0. The van der Waals surface area contributed by atoms with E-state index in [0.29, 0.717) is 24.5 Å². The van der Waals surface area contributed by atoms with Crippen LogP contribution < -0.4 is 16.3 Å². The van der Waals surface area contributed by atoms with Crippen molar-refractivity contribution in [3.05, 3.63) is 22.9 Å². The van der Waals surface area contributed by atoms with Gasteiger partial charge in [-0.15, -0.1) is 0 Å². The van der Waals surface area contributed by atoms with E-state index in [4.69, 9.17) is 11.1 Å². The predicted octanol–water partition coefficient (Wildman–Crippen LogP) is 0.206. The average Bonchev–Trinajstić information content (AvgIpc) is 2.75. The average molecular weight is 277 g/mol. The maximum Gasteiger partial charge on any atom is 0.348 e. The number of aromatic nitrogens is 4. The molecule has 0 bridgehead atoms. The number of hydrogen-bond donors (Lipinski definition) is 3. The van der Waals surface area contributed by atoms with Crippen LogP contribution in [0.3, 0.4) is 0 Å². The Hall–Kier alpha value is -2.38. The second-order valence-corrected chi connectivity index (χ2v) is 5.12. The molecule has 4 N–H and O–H groups in total. The first-order valence-corrected chi connectivity index (χ1v) is 6.48. The van der Waals surface area contributed by atoms with Gasteiger partial charge in [0.2, 0.25) is 0 Å². The Labute approximate surface area is 116 Å². The lowest BCUT2D eigenvalue weighted by molar-refractivity contribution is 0.608. The van der Waals surface area contributed by atoms with Crippen LogP contribution in [-0.2, 0) is 0 Å². The summed E-state index contributed by atoms with van der Waals surface area (Å²) in [5, 5.41) is 13.6. The Morgan fingerprint density at radius 3 is 3.00 bits per heavy atom. The third-order valence-electron chi connectivity index (χ3n) is 2.86. The van der Waals surface area contributed by atoms with E-state index in [1.165, 1.54) is 10.7 Å². The Morgan fingerprint density at radius 1 is 1.60 bits per heavy atom. The van der Waals surface area contributed by atoms with Gasteiger partial charge in [-0.2, -0.15) is 5.10 Å². The number of nitrogens with two attached hydrogens (primary N) is 1. The number of anilines is 1. The molecular formula is C12H19N7O. The van der Waals surface area contributed by atoms with Crippen molar-refractivity contribution in [3.8, 4) is 0 Å². The van der Waals surface area contributed by atoms with Crippen LogP contribution in [0.1, 0.15) is 20.3 Å². The molecule has 0 aliphatic carbocycles. The molecule has 2 aromatic rings. The minimum absolute atomic E-state index is 0.149. The van der Waals surface area contributed by atoms with Gasteiger partial charge in [0.25, 0.3) is 0 Å². The molecule has 0 unspecified atom stereocenters. The molecule has 0 aliphatic heterocycles. The van der Waals surface area contributed by atoms with Gasteiger partial charge in [0, 0.05) is 25.6 Å². The highest BCUT2D eigenvalue weighted by atomic mass is 16.1. The zero-order chi connectivity index (χ0) is 14.7. The van der Waals surface area contributed by atoms with Crippen LogP contribution in [0.5, 0.6) is 0 Å². The van der Waals surface area contributed by atoms with Crippen molar-refractivity contribution in [2.45, 2.75) is 20.3 Å². The molecule has 8 nitrogen and oxygen atoms in total. The summed E-state index contributed by atoms with van der Waals surface area (Å²) in [6.45, 7) is 5.63. The van der Waals surface area contributed by atoms with Crippen molar-refractivity contribution in [1.82, 2.24) is 19.6 Å². The first-order chi connectivity index (χ1) is 9.47. The highest BCUT2D eigenvalue weighted by Gasteiger charge is 2.12. The highest BCUT2D eigenvalue weighted by Crippen LogP contribution is 2.14. The zero-order valence-corrected chi connectivity index (χ0v) is 11.6. The van der Waals surface area contributed by atoms with E-state index >= 15 is 0 Å². The Kier molecular flexibility index (Phi) is 4.02.